The van der Waals surface area contributed by atoms with Gasteiger partial charge in [-0.05, 0) is 50.0 Å². The van der Waals surface area contributed by atoms with Crippen LogP contribution in [0.5, 0.6) is 0 Å². The maximum atomic E-state index is 9.09. The first-order valence-electron chi connectivity index (χ1n) is 7.20. The smallest absolute Gasteiger partial charge is 0.0465 e. The van der Waals surface area contributed by atoms with E-state index in [1.54, 1.807) is 6.07 Å². The molecular formula is C15H22Cl2N2O. The van der Waals surface area contributed by atoms with Crippen molar-refractivity contribution < 1.29 is 5.11 Å². The van der Waals surface area contributed by atoms with Crippen LogP contribution < -0.4 is 5.32 Å². The van der Waals surface area contributed by atoms with Gasteiger partial charge in [-0.2, -0.15) is 0 Å². The monoisotopic (exact) mass is 316 g/mol. The molecule has 3 nitrogen and oxygen atoms in total. The van der Waals surface area contributed by atoms with Crippen LogP contribution in [0, 0.1) is 0 Å². The van der Waals surface area contributed by atoms with Crippen LogP contribution in [0.3, 0.4) is 0 Å². The summed E-state index contributed by atoms with van der Waals surface area (Å²) in [5.41, 5.74) is 1.10. The van der Waals surface area contributed by atoms with E-state index in [9.17, 15) is 0 Å². The number of hydrogen-bond acceptors (Lipinski definition) is 3. The van der Waals surface area contributed by atoms with Gasteiger partial charge in [-0.25, -0.2) is 0 Å². The van der Waals surface area contributed by atoms with Gasteiger partial charge in [-0.3, -0.25) is 4.90 Å². The number of piperidine rings is 1. The zero-order chi connectivity index (χ0) is 14.4. The molecule has 0 atom stereocenters. The molecule has 0 aromatic heterocycles. The zero-order valence-electron chi connectivity index (χ0n) is 11.6. The van der Waals surface area contributed by atoms with Crippen molar-refractivity contribution in [3.8, 4) is 0 Å². The molecule has 1 fully saturated rings. The van der Waals surface area contributed by atoms with Gasteiger partial charge in [0.25, 0.3) is 0 Å². The van der Waals surface area contributed by atoms with Crippen molar-refractivity contribution in [2.45, 2.75) is 31.8 Å². The summed E-state index contributed by atoms with van der Waals surface area (Å²) < 4.78 is 0. The molecule has 1 heterocycles. The first kappa shape index (κ1) is 16.1. The third-order valence-electron chi connectivity index (χ3n) is 3.82. The minimum absolute atomic E-state index is 0.232. The van der Waals surface area contributed by atoms with Crippen molar-refractivity contribution in [1.82, 2.24) is 10.2 Å². The topological polar surface area (TPSA) is 35.5 Å². The number of hydrogen-bond donors (Lipinski definition) is 2. The Balaban J connectivity index is 2.05. The van der Waals surface area contributed by atoms with Crippen LogP contribution in [0.4, 0.5) is 0 Å². The van der Waals surface area contributed by atoms with Crippen LogP contribution >= 0.6 is 23.2 Å². The lowest BCUT2D eigenvalue weighted by atomic mass is 10.0. The third kappa shape index (κ3) is 4.61. The minimum Gasteiger partial charge on any atom is -0.396 e. The van der Waals surface area contributed by atoms with Crippen LogP contribution in [0.25, 0.3) is 0 Å². The van der Waals surface area contributed by atoms with E-state index in [-0.39, 0.29) is 6.61 Å². The summed E-state index contributed by atoms with van der Waals surface area (Å²) in [5, 5.41) is 13.9. The van der Waals surface area contributed by atoms with E-state index in [4.69, 9.17) is 28.3 Å². The quantitative estimate of drug-likeness (QED) is 0.847. The molecule has 0 unspecified atom stereocenters. The Morgan fingerprint density at radius 3 is 2.65 bits per heavy atom. The summed E-state index contributed by atoms with van der Waals surface area (Å²) in [4.78, 5) is 2.44. The lowest BCUT2D eigenvalue weighted by molar-refractivity contribution is 0.140. The highest BCUT2D eigenvalue weighted by Gasteiger charge is 2.21. The molecule has 1 aromatic carbocycles. The number of nitrogens with one attached hydrogen (secondary N) is 1. The molecule has 1 aliphatic heterocycles. The summed E-state index contributed by atoms with van der Waals surface area (Å²) in [6, 6.07) is 6.24. The van der Waals surface area contributed by atoms with Crippen molar-refractivity contribution in [2.75, 3.05) is 26.2 Å². The Hall–Kier alpha value is -0.320. The summed E-state index contributed by atoms with van der Waals surface area (Å²) in [6.07, 6.45) is 3.10. The van der Waals surface area contributed by atoms with Crippen LogP contribution in [-0.2, 0) is 6.54 Å². The second-order valence-corrected chi connectivity index (χ2v) is 6.11. The van der Waals surface area contributed by atoms with Crippen LogP contribution in [0.1, 0.15) is 24.8 Å². The minimum atomic E-state index is 0.232. The fourth-order valence-electron chi connectivity index (χ4n) is 2.71. The van der Waals surface area contributed by atoms with Crippen molar-refractivity contribution in [1.29, 1.82) is 0 Å². The number of aliphatic hydroxyl groups is 1. The SMILES string of the molecule is OCCCN(Cc1ccc(Cl)cc1Cl)C1CCNCC1. The molecule has 2 rings (SSSR count). The Morgan fingerprint density at radius 2 is 2.00 bits per heavy atom. The largest absolute Gasteiger partial charge is 0.396 e. The average molecular weight is 317 g/mol. The number of nitrogens with zero attached hydrogens (tertiary/aromatic N) is 1. The highest BCUT2D eigenvalue weighted by molar-refractivity contribution is 6.35. The maximum absolute atomic E-state index is 9.09. The van der Waals surface area contributed by atoms with Crippen LogP contribution in [0.2, 0.25) is 10.0 Å². The lowest BCUT2D eigenvalue weighted by Gasteiger charge is -2.35. The van der Waals surface area contributed by atoms with Crippen LogP contribution in [0.15, 0.2) is 18.2 Å². The molecule has 0 saturated carbocycles. The first-order chi connectivity index (χ1) is 9.70. The number of rotatable bonds is 6. The highest BCUT2D eigenvalue weighted by Crippen LogP contribution is 2.24. The third-order valence-corrected chi connectivity index (χ3v) is 4.40. The van der Waals surface area contributed by atoms with E-state index in [2.05, 4.69) is 10.2 Å². The fraction of sp³-hybridized carbons (Fsp3) is 0.600. The van der Waals surface area contributed by atoms with Gasteiger partial charge >= 0.3 is 0 Å². The molecule has 0 spiro atoms. The van der Waals surface area contributed by atoms with E-state index in [1.165, 1.54) is 0 Å². The van der Waals surface area contributed by atoms with Gasteiger partial charge in [-0.15, -0.1) is 0 Å². The Labute approximate surface area is 130 Å². The highest BCUT2D eigenvalue weighted by atomic mass is 35.5. The Kier molecular flexibility index (Phi) is 6.59. The normalized spacial score (nSPS) is 16.8. The Morgan fingerprint density at radius 1 is 1.25 bits per heavy atom. The molecule has 1 aromatic rings. The summed E-state index contributed by atoms with van der Waals surface area (Å²) >= 11 is 12.2. The molecule has 1 saturated heterocycles. The number of benzene rings is 1. The van der Waals surface area contributed by atoms with Gasteiger partial charge in [0, 0.05) is 35.8 Å². The molecule has 0 amide bonds. The van der Waals surface area contributed by atoms with Gasteiger partial charge in [0.1, 0.15) is 0 Å². The summed E-state index contributed by atoms with van der Waals surface area (Å²) in [6.45, 7) is 4.08. The average Bonchev–Trinajstić information content (AvgIpc) is 2.46. The van der Waals surface area contributed by atoms with Crippen LogP contribution in [-0.4, -0.2) is 42.3 Å². The van der Waals surface area contributed by atoms with Gasteiger partial charge in [0.2, 0.25) is 0 Å². The van der Waals surface area contributed by atoms with E-state index >= 15 is 0 Å². The molecule has 2 N–H and O–H groups in total. The van der Waals surface area contributed by atoms with Gasteiger partial charge in [-0.1, -0.05) is 29.3 Å². The molecule has 112 valence electrons. The maximum Gasteiger partial charge on any atom is 0.0465 e. The molecule has 1 aliphatic rings. The first-order valence-corrected chi connectivity index (χ1v) is 7.96. The molecular weight excluding hydrogens is 295 g/mol. The predicted molar refractivity (Wildman–Crippen MR) is 84.5 cm³/mol. The lowest BCUT2D eigenvalue weighted by Crippen LogP contribution is -2.43. The molecule has 0 aliphatic carbocycles. The number of aliphatic hydroxyl groups excluding tert-OH is 1. The van der Waals surface area contributed by atoms with E-state index in [1.807, 2.05) is 12.1 Å². The second-order valence-electron chi connectivity index (χ2n) is 5.26. The van der Waals surface area contributed by atoms with Gasteiger partial charge < -0.3 is 10.4 Å². The van der Waals surface area contributed by atoms with E-state index in [0.29, 0.717) is 11.1 Å². The second kappa shape index (κ2) is 8.20. The van der Waals surface area contributed by atoms with Crippen molar-refractivity contribution in [3.63, 3.8) is 0 Å². The molecule has 0 bridgehead atoms. The fourth-order valence-corrected chi connectivity index (χ4v) is 3.17. The molecule has 5 heteroatoms. The number of halogens is 2. The standard InChI is InChI=1S/C15H22Cl2N2O/c16-13-3-2-12(15(17)10-13)11-19(8-1-9-20)14-4-6-18-7-5-14/h2-3,10,14,18,20H,1,4-9,11H2. The van der Waals surface area contributed by atoms with Crippen molar-refractivity contribution >= 4 is 23.2 Å². The van der Waals surface area contributed by atoms with Crippen molar-refractivity contribution in [2.24, 2.45) is 0 Å². The van der Waals surface area contributed by atoms with E-state index in [0.717, 1.165) is 56.0 Å². The zero-order valence-corrected chi connectivity index (χ0v) is 13.1. The predicted octanol–water partition coefficient (Wildman–Crippen LogP) is 2.93. The Bertz CT molecular complexity index is 422. The van der Waals surface area contributed by atoms with Crippen molar-refractivity contribution in [3.05, 3.63) is 33.8 Å². The van der Waals surface area contributed by atoms with Gasteiger partial charge in [0.05, 0.1) is 0 Å². The molecule has 0 radical (unpaired) electrons. The van der Waals surface area contributed by atoms with E-state index < -0.39 is 0 Å². The summed E-state index contributed by atoms with van der Waals surface area (Å²) in [5.74, 6) is 0. The van der Waals surface area contributed by atoms with Gasteiger partial charge in [0.15, 0.2) is 0 Å². The summed E-state index contributed by atoms with van der Waals surface area (Å²) in [7, 11) is 0. The molecule has 20 heavy (non-hydrogen) atoms.